The van der Waals surface area contributed by atoms with Crippen molar-refractivity contribution in [3.05, 3.63) is 77.6 Å². The molecule has 0 saturated carbocycles. The minimum Gasteiger partial charge on any atom is -0.369 e. The van der Waals surface area contributed by atoms with Crippen LogP contribution in [-0.2, 0) is 6.54 Å². The summed E-state index contributed by atoms with van der Waals surface area (Å²) in [6, 6.07) is 13.9. The van der Waals surface area contributed by atoms with Crippen LogP contribution in [0.3, 0.4) is 0 Å². The number of hydrogen-bond acceptors (Lipinski definition) is 3. The quantitative estimate of drug-likeness (QED) is 0.626. The molecule has 0 spiro atoms. The molecule has 0 saturated heterocycles. The molecule has 0 unspecified atom stereocenters. The van der Waals surface area contributed by atoms with Gasteiger partial charge in [-0.2, -0.15) is 0 Å². The Kier molecular flexibility index (Phi) is 6.32. The molecule has 0 atom stereocenters. The number of hydrogen-bond donors (Lipinski definition) is 1. The number of carbonyl (C=O) groups excluding carboxylic acids is 1. The van der Waals surface area contributed by atoms with Gasteiger partial charge >= 0.3 is 0 Å². The summed E-state index contributed by atoms with van der Waals surface area (Å²) in [5, 5.41) is 0. The van der Waals surface area contributed by atoms with E-state index in [4.69, 9.17) is 0 Å². The summed E-state index contributed by atoms with van der Waals surface area (Å²) in [7, 11) is 1.99. The normalized spacial score (nSPS) is 11.0. The van der Waals surface area contributed by atoms with E-state index in [2.05, 4.69) is 14.9 Å². The van der Waals surface area contributed by atoms with E-state index in [9.17, 15) is 9.18 Å². The highest BCUT2D eigenvalue weighted by molar-refractivity contribution is 6.06. The van der Waals surface area contributed by atoms with E-state index in [0.717, 1.165) is 22.9 Å². The van der Waals surface area contributed by atoms with E-state index >= 15 is 0 Å². The second kappa shape index (κ2) is 8.90. The van der Waals surface area contributed by atoms with Crippen LogP contribution in [0.15, 0.2) is 54.7 Å². The van der Waals surface area contributed by atoms with Gasteiger partial charge in [-0.25, -0.2) is 9.37 Å². The van der Waals surface area contributed by atoms with E-state index in [1.54, 1.807) is 17.0 Å². The molecule has 1 heterocycles. The fourth-order valence-corrected chi connectivity index (χ4v) is 3.25. The highest BCUT2D eigenvalue weighted by Crippen LogP contribution is 2.26. The smallest absolute Gasteiger partial charge is 0.261 e. The molecule has 3 aromatic rings. The van der Waals surface area contributed by atoms with Gasteiger partial charge in [0.1, 0.15) is 11.6 Å². The maximum absolute atomic E-state index is 14.2. The molecule has 0 aliphatic carbocycles. The van der Waals surface area contributed by atoms with Crippen LogP contribution in [0.4, 0.5) is 15.8 Å². The molecular formula is C23H27FN4O. The maximum Gasteiger partial charge on any atom is 0.261 e. The lowest BCUT2D eigenvalue weighted by molar-refractivity contribution is 0.0980. The average Bonchev–Trinajstić information content (AvgIpc) is 3.10. The van der Waals surface area contributed by atoms with Crippen LogP contribution in [-0.4, -0.2) is 29.5 Å². The molecule has 3 rings (SSSR count). The summed E-state index contributed by atoms with van der Waals surface area (Å²) >= 11 is 0. The van der Waals surface area contributed by atoms with Gasteiger partial charge in [0, 0.05) is 25.0 Å². The Balaban J connectivity index is 1.89. The van der Waals surface area contributed by atoms with Crippen molar-refractivity contribution in [3.63, 3.8) is 0 Å². The third-order valence-corrected chi connectivity index (χ3v) is 4.64. The molecule has 6 heteroatoms. The molecule has 0 fully saturated rings. The lowest BCUT2D eigenvalue weighted by Crippen LogP contribution is -2.35. The van der Waals surface area contributed by atoms with Gasteiger partial charge in [-0.05, 0) is 43.2 Å². The molecule has 1 aromatic heterocycles. The second-order valence-electron chi connectivity index (χ2n) is 7.66. The highest BCUT2D eigenvalue weighted by atomic mass is 19.1. The Hall–Kier alpha value is -3.15. The van der Waals surface area contributed by atoms with Gasteiger partial charge in [0.15, 0.2) is 0 Å². The largest absolute Gasteiger partial charge is 0.369 e. The van der Waals surface area contributed by atoms with Gasteiger partial charge in [-0.15, -0.1) is 0 Å². The van der Waals surface area contributed by atoms with Crippen molar-refractivity contribution >= 4 is 17.3 Å². The fraction of sp³-hybridized carbons (Fsp3) is 0.304. The molecule has 29 heavy (non-hydrogen) atoms. The van der Waals surface area contributed by atoms with Crippen molar-refractivity contribution in [2.45, 2.75) is 27.3 Å². The molecule has 5 nitrogen and oxygen atoms in total. The number of aryl methyl sites for hydroxylation is 1. The summed E-state index contributed by atoms with van der Waals surface area (Å²) < 4.78 is 14.2. The predicted octanol–water partition coefficient (Wildman–Crippen LogP) is 4.80. The Labute approximate surface area is 171 Å². The van der Waals surface area contributed by atoms with Gasteiger partial charge in [-0.1, -0.05) is 32.0 Å². The molecule has 152 valence electrons. The first kappa shape index (κ1) is 20.6. The standard InChI is InChI=1S/C23H27FN4O/c1-16(2)14-28(23(29)21-10-5-6-11-22(21)24)20-9-7-8-19(12-20)27(4)15-18-13-25-17(3)26-18/h5-13,16H,14-15H2,1-4H3,(H,25,26). The van der Waals surface area contributed by atoms with Crippen LogP contribution >= 0.6 is 0 Å². The molecule has 2 aromatic carbocycles. The Morgan fingerprint density at radius 1 is 1.14 bits per heavy atom. The topological polar surface area (TPSA) is 52.2 Å². The first-order valence-corrected chi connectivity index (χ1v) is 9.73. The number of rotatable bonds is 7. The number of imidazole rings is 1. The van der Waals surface area contributed by atoms with Crippen molar-refractivity contribution < 1.29 is 9.18 Å². The van der Waals surface area contributed by atoms with E-state index in [-0.39, 0.29) is 17.4 Å². The summed E-state index contributed by atoms with van der Waals surface area (Å²) in [4.78, 5) is 24.3. The molecule has 0 bridgehead atoms. The zero-order chi connectivity index (χ0) is 21.0. The molecule has 1 N–H and O–H groups in total. The summed E-state index contributed by atoms with van der Waals surface area (Å²) in [5.41, 5.74) is 2.80. The molecule has 1 amide bonds. The van der Waals surface area contributed by atoms with Crippen LogP contribution in [0.1, 0.15) is 35.7 Å². The number of nitrogens with zero attached hydrogens (tertiary/aromatic N) is 3. The van der Waals surface area contributed by atoms with Crippen molar-refractivity contribution in [1.82, 2.24) is 9.97 Å². The third-order valence-electron chi connectivity index (χ3n) is 4.64. The number of nitrogens with one attached hydrogen (secondary N) is 1. The van der Waals surface area contributed by atoms with Crippen LogP contribution < -0.4 is 9.80 Å². The number of aromatic nitrogens is 2. The van der Waals surface area contributed by atoms with Crippen molar-refractivity contribution in [2.24, 2.45) is 5.92 Å². The first-order chi connectivity index (χ1) is 13.8. The van der Waals surface area contributed by atoms with Gasteiger partial charge < -0.3 is 14.8 Å². The van der Waals surface area contributed by atoms with Crippen molar-refractivity contribution in [2.75, 3.05) is 23.4 Å². The Morgan fingerprint density at radius 2 is 1.86 bits per heavy atom. The van der Waals surface area contributed by atoms with Crippen LogP contribution in [0.5, 0.6) is 0 Å². The van der Waals surface area contributed by atoms with E-state index in [0.29, 0.717) is 13.1 Å². The van der Waals surface area contributed by atoms with E-state index in [1.807, 2.05) is 58.3 Å². The van der Waals surface area contributed by atoms with Gasteiger partial charge in [-0.3, -0.25) is 4.79 Å². The fourth-order valence-electron chi connectivity index (χ4n) is 3.25. The number of H-pyrrole nitrogens is 1. The average molecular weight is 394 g/mol. The maximum atomic E-state index is 14.2. The van der Waals surface area contributed by atoms with Gasteiger partial charge in [0.25, 0.3) is 5.91 Å². The minimum atomic E-state index is -0.505. The number of carbonyl (C=O) groups is 1. The lowest BCUT2D eigenvalue weighted by Gasteiger charge is -2.27. The first-order valence-electron chi connectivity index (χ1n) is 9.73. The Bertz CT molecular complexity index is 982. The van der Waals surface area contributed by atoms with Crippen molar-refractivity contribution in [3.8, 4) is 0 Å². The minimum absolute atomic E-state index is 0.0832. The van der Waals surface area contributed by atoms with Crippen LogP contribution in [0, 0.1) is 18.7 Å². The molecule has 0 radical (unpaired) electrons. The highest BCUT2D eigenvalue weighted by Gasteiger charge is 2.22. The molecule has 0 aliphatic heterocycles. The second-order valence-corrected chi connectivity index (χ2v) is 7.66. The monoisotopic (exact) mass is 394 g/mol. The van der Waals surface area contributed by atoms with Crippen LogP contribution in [0.2, 0.25) is 0 Å². The number of anilines is 2. The zero-order valence-corrected chi connectivity index (χ0v) is 17.3. The summed E-state index contributed by atoms with van der Waals surface area (Å²) in [6.07, 6.45) is 1.82. The van der Waals surface area contributed by atoms with E-state index < -0.39 is 5.82 Å². The molecule has 0 aliphatic rings. The van der Waals surface area contributed by atoms with Gasteiger partial charge in [0.2, 0.25) is 0 Å². The predicted molar refractivity (Wildman–Crippen MR) is 115 cm³/mol. The number of benzene rings is 2. The lowest BCUT2D eigenvalue weighted by atomic mass is 10.1. The Morgan fingerprint density at radius 3 is 2.52 bits per heavy atom. The SMILES string of the molecule is Cc1ncc(CN(C)c2cccc(N(CC(C)C)C(=O)c3ccccc3F)c2)[nH]1. The molecular weight excluding hydrogens is 367 g/mol. The zero-order valence-electron chi connectivity index (χ0n) is 17.3. The van der Waals surface area contributed by atoms with Crippen molar-refractivity contribution in [1.29, 1.82) is 0 Å². The van der Waals surface area contributed by atoms with Gasteiger partial charge in [0.05, 0.1) is 24.0 Å². The number of halogens is 1. The van der Waals surface area contributed by atoms with Crippen LogP contribution in [0.25, 0.3) is 0 Å². The number of aromatic amines is 1. The van der Waals surface area contributed by atoms with E-state index in [1.165, 1.54) is 12.1 Å². The third kappa shape index (κ3) is 5.02. The number of amides is 1. The summed E-state index contributed by atoms with van der Waals surface area (Å²) in [5.74, 6) is 0.274. The summed E-state index contributed by atoms with van der Waals surface area (Å²) in [6.45, 7) is 7.16.